The third-order valence-corrected chi connectivity index (χ3v) is 3.44. The van der Waals surface area contributed by atoms with Crippen LogP contribution in [0, 0.1) is 5.92 Å². The highest BCUT2D eigenvalue weighted by atomic mass is 32.2. The molecule has 0 saturated carbocycles. The first kappa shape index (κ1) is 9.36. The minimum Gasteiger partial charge on any atom is -0.393 e. The number of hydrogen-bond acceptors (Lipinski definition) is 3. The van der Waals surface area contributed by atoms with Crippen molar-refractivity contribution in [3.8, 4) is 0 Å². The monoisotopic (exact) mass is 175 g/mol. The number of hydrogen-bond donors (Lipinski definition) is 2. The summed E-state index contributed by atoms with van der Waals surface area (Å²) >= 11 is 1.96. The lowest BCUT2D eigenvalue weighted by Crippen LogP contribution is -2.27. The van der Waals surface area contributed by atoms with Crippen LogP contribution in [-0.4, -0.2) is 29.3 Å². The van der Waals surface area contributed by atoms with Crippen molar-refractivity contribution in [3.05, 3.63) is 0 Å². The molecule has 0 aromatic carbocycles. The fraction of sp³-hybridized carbons (Fsp3) is 1.00. The van der Waals surface area contributed by atoms with Gasteiger partial charge in [-0.2, -0.15) is 11.8 Å². The molecule has 0 aliphatic carbocycles. The Bertz CT molecular complexity index is 104. The first-order valence-electron chi connectivity index (χ1n) is 4.30. The second-order valence-electron chi connectivity index (χ2n) is 3.12. The van der Waals surface area contributed by atoms with E-state index in [9.17, 15) is 5.11 Å². The van der Waals surface area contributed by atoms with Crippen LogP contribution in [-0.2, 0) is 0 Å². The first-order chi connectivity index (χ1) is 5.34. The minimum absolute atomic E-state index is 0.146. The van der Waals surface area contributed by atoms with Crippen LogP contribution in [0.5, 0.6) is 0 Å². The summed E-state index contributed by atoms with van der Waals surface area (Å²) in [7, 11) is 0. The van der Waals surface area contributed by atoms with E-state index >= 15 is 0 Å². The largest absolute Gasteiger partial charge is 0.393 e. The maximum atomic E-state index is 9.58. The van der Waals surface area contributed by atoms with Crippen molar-refractivity contribution in [1.29, 1.82) is 0 Å². The molecule has 0 bridgehead atoms. The predicted molar refractivity (Wildman–Crippen MR) is 49.7 cm³/mol. The maximum absolute atomic E-state index is 9.58. The molecule has 0 spiro atoms. The highest BCUT2D eigenvalue weighted by Crippen LogP contribution is 2.26. The maximum Gasteiger partial charge on any atom is 0.0588 e. The van der Waals surface area contributed by atoms with E-state index in [2.05, 4.69) is 0 Å². The van der Waals surface area contributed by atoms with Crippen molar-refractivity contribution in [3.63, 3.8) is 0 Å². The molecular formula is C8H17NOS. The predicted octanol–water partition coefficient (Wildman–Crippen LogP) is 0.839. The summed E-state index contributed by atoms with van der Waals surface area (Å²) in [6, 6.07) is 0. The van der Waals surface area contributed by atoms with Crippen molar-refractivity contribution in [2.24, 2.45) is 11.7 Å². The van der Waals surface area contributed by atoms with Gasteiger partial charge >= 0.3 is 0 Å². The number of rotatable bonds is 3. The molecule has 2 nitrogen and oxygen atoms in total. The second-order valence-corrected chi connectivity index (χ2v) is 4.27. The third kappa shape index (κ3) is 3.01. The van der Waals surface area contributed by atoms with Gasteiger partial charge in [-0.25, -0.2) is 0 Å². The topological polar surface area (TPSA) is 46.2 Å². The van der Waals surface area contributed by atoms with E-state index in [0.717, 1.165) is 12.2 Å². The highest BCUT2D eigenvalue weighted by molar-refractivity contribution is 7.99. The van der Waals surface area contributed by atoms with Crippen LogP contribution in [0.15, 0.2) is 0 Å². The van der Waals surface area contributed by atoms with Gasteiger partial charge in [-0.3, -0.25) is 0 Å². The Kier molecular flexibility index (Phi) is 4.26. The van der Waals surface area contributed by atoms with Crippen LogP contribution >= 0.6 is 11.8 Å². The van der Waals surface area contributed by atoms with Crippen LogP contribution < -0.4 is 5.73 Å². The molecule has 1 rings (SSSR count). The molecule has 11 heavy (non-hydrogen) atoms. The van der Waals surface area contributed by atoms with E-state index in [-0.39, 0.29) is 6.10 Å². The van der Waals surface area contributed by atoms with E-state index in [1.807, 2.05) is 11.8 Å². The normalized spacial score (nSPS) is 28.4. The molecule has 1 unspecified atom stereocenters. The van der Waals surface area contributed by atoms with E-state index < -0.39 is 0 Å². The van der Waals surface area contributed by atoms with E-state index in [1.165, 1.54) is 18.6 Å². The zero-order valence-corrected chi connectivity index (χ0v) is 7.65. The molecule has 1 aliphatic heterocycles. The molecule has 1 heterocycles. The first-order valence-corrected chi connectivity index (χ1v) is 5.46. The molecule has 0 radical (unpaired) electrons. The lowest BCUT2D eigenvalue weighted by Gasteiger charge is -2.25. The van der Waals surface area contributed by atoms with E-state index in [1.54, 1.807) is 0 Å². The van der Waals surface area contributed by atoms with Crippen molar-refractivity contribution in [2.45, 2.75) is 25.4 Å². The Balaban J connectivity index is 2.21. The average Bonchev–Trinajstić information content (AvgIpc) is 2.07. The minimum atomic E-state index is -0.146. The molecular weight excluding hydrogens is 158 g/mol. The molecule has 0 aromatic heterocycles. The Labute approximate surface area is 72.5 Å². The van der Waals surface area contributed by atoms with Crippen LogP contribution in [0.4, 0.5) is 0 Å². The highest BCUT2D eigenvalue weighted by Gasteiger charge is 2.20. The number of aliphatic hydroxyl groups is 1. The summed E-state index contributed by atoms with van der Waals surface area (Å²) in [6.45, 7) is 0.613. The number of thioether (sulfide) groups is 1. The van der Waals surface area contributed by atoms with Crippen LogP contribution in [0.2, 0.25) is 0 Å². The smallest absolute Gasteiger partial charge is 0.0588 e. The molecule has 0 aromatic rings. The molecule has 3 heteroatoms. The molecule has 1 saturated heterocycles. The van der Waals surface area contributed by atoms with Crippen molar-refractivity contribution in [1.82, 2.24) is 0 Å². The standard InChI is InChI=1S/C8H17NOS/c9-4-3-8(10)7-2-1-5-11-6-7/h7-8,10H,1-6,9H2/t7?,8-/m1/s1. The average molecular weight is 175 g/mol. The van der Waals surface area contributed by atoms with Crippen LogP contribution in [0.1, 0.15) is 19.3 Å². The van der Waals surface area contributed by atoms with Gasteiger partial charge in [0, 0.05) is 0 Å². The van der Waals surface area contributed by atoms with Gasteiger partial charge in [0.25, 0.3) is 0 Å². The fourth-order valence-corrected chi connectivity index (χ4v) is 2.70. The van der Waals surface area contributed by atoms with Gasteiger partial charge in [-0.05, 0) is 43.2 Å². The lowest BCUT2D eigenvalue weighted by molar-refractivity contribution is 0.106. The number of aliphatic hydroxyl groups excluding tert-OH is 1. The Morgan fingerprint density at radius 3 is 3.00 bits per heavy atom. The lowest BCUT2D eigenvalue weighted by atomic mass is 9.96. The summed E-state index contributed by atoms with van der Waals surface area (Å²) in [5.41, 5.74) is 5.37. The molecule has 1 aliphatic rings. The Hall–Kier alpha value is 0.270. The van der Waals surface area contributed by atoms with Gasteiger partial charge in [0.15, 0.2) is 0 Å². The molecule has 2 atom stereocenters. The second kappa shape index (κ2) is 5.01. The Morgan fingerprint density at radius 2 is 2.45 bits per heavy atom. The summed E-state index contributed by atoms with van der Waals surface area (Å²) in [4.78, 5) is 0. The zero-order chi connectivity index (χ0) is 8.10. The quantitative estimate of drug-likeness (QED) is 0.668. The van der Waals surface area contributed by atoms with Gasteiger partial charge in [0.1, 0.15) is 0 Å². The van der Waals surface area contributed by atoms with Crippen LogP contribution in [0.3, 0.4) is 0 Å². The summed E-state index contributed by atoms with van der Waals surface area (Å²) in [5.74, 6) is 2.91. The molecule has 3 N–H and O–H groups in total. The zero-order valence-electron chi connectivity index (χ0n) is 6.83. The van der Waals surface area contributed by atoms with Gasteiger partial charge in [-0.1, -0.05) is 0 Å². The summed E-state index contributed by atoms with van der Waals surface area (Å²) in [6.07, 6.45) is 3.07. The fourth-order valence-electron chi connectivity index (χ4n) is 1.48. The summed E-state index contributed by atoms with van der Waals surface area (Å²) < 4.78 is 0. The molecule has 1 fully saturated rings. The van der Waals surface area contributed by atoms with Crippen molar-refractivity contribution >= 4 is 11.8 Å². The van der Waals surface area contributed by atoms with Crippen molar-refractivity contribution < 1.29 is 5.11 Å². The molecule has 0 amide bonds. The SMILES string of the molecule is NCC[C@@H](O)C1CCCSC1. The third-order valence-electron chi connectivity index (χ3n) is 2.20. The van der Waals surface area contributed by atoms with Crippen LogP contribution in [0.25, 0.3) is 0 Å². The van der Waals surface area contributed by atoms with Gasteiger partial charge in [0.05, 0.1) is 6.10 Å². The Morgan fingerprint density at radius 1 is 1.64 bits per heavy atom. The van der Waals surface area contributed by atoms with Crippen molar-refractivity contribution in [2.75, 3.05) is 18.1 Å². The number of nitrogens with two attached hydrogens (primary N) is 1. The molecule has 66 valence electrons. The van der Waals surface area contributed by atoms with Gasteiger partial charge in [-0.15, -0.1) is 0 Å². The summed E-state index contributed by atoms with van der Waals surface area (Å²) in [5, 5.41) is 9.58. The van der Waals surface area contributed by atoms with Gasteiger partial charge in [0.2, 0.25) is 0 Å². The van der Waals surface area contributed by atoms with Gasteiger partial charge < -0.3 is 10.8 Å². The van der Waals surface area contributed by atoms with E-state index in [4.69, 9.17) is 5.73 Å². The van der Waals surface area contributed by atoms with E-state index in [0.29, 0.717) is 12.5 Å².